The number of rotatable bonds is 6. The Morgan fingerprint density at radius 2 is 1.45 bits per heavy atom. The predicted molar refractivity (Wildman–Crippen MR) is 101 cm³/mol. The molecule has 0 spiro atoms. The van der Waals surface area contributed by atoms with Gasteiger partial charge in [-0.2, -0.15) is 0 Å². The highest BCUT2D eigenvalue weighted by molar-refractivity contribution is 14.1. The molecule has 0 saturated heterocycles. The molecule has 0 heterocycles. The Bertz CT molecular complexity index is 270. The zero-order valence-electron chi connectivity index (χ0n) is 13.4. The predicted octanol–water partition coefficient (Wildman–Crippen LogP) is 7.20. The number of hydrogen-bond acceptors (Lipinski definition) is 0. The molecule has 0 aliphatic heterocycles. The van der Waals surface area contributed by atoms with Gasteiger partial charge in [0.25, 0.3) is 0 Å². The van der Waals surface area contributed by atoms with Crippen molar-refractivity contribution in [2.45, 2.75) is 102 Å². The smallest absolute Gasteiger partial charge is 0.0842 e. The van der Waals surface area contributed by atoms with Crippen LogP contribution in [-0.2, 0) is 0 Å². The van der Waals surface area contributed by atoms with Crippen molar-refractivity contribution in [3.8, 4) is 0 Å². The van der Waals surface area contributed by atoms with E-state index in [2.05, 4.69) is 35.6 Å². The fourth-order valence-electron chi connectivity index (χ4n) is 4.40. The van der Waals surface area contributed by atoms with Crippen LogP contribution in [0, 0.1) is 0 Å². The van der Waals surface area contributed by atoms with E-state index in [1.165, 1.54) is 83.5 Å². The third-order valence-electron chi connectivity index (χ3n) is 5.53. The summed E-state index contributed by atoms with van der Waals surface area (Å²) >= 11 is 2.71. The lowest BCUT2D eigenvalue weighted by Gasteiger charge is -2.35. The SMILES string of the molecule is CCCC/C=C(\I)B(C1CCCCC1)C1CCCCC1. The van der Waals surface area contributed by atoms with Crippen LogP contribution >= 0.6 is 22.6 Å². The van der Waals surface area contributed by atoms with Crippen molar-refractivity contribution in [2.75, 3.05) is 0 Å². The normalized spacial score (nSPS) is 23.0. The molecule has 114 valence electrons. The van der Waals surface area contributed by atoms with Crippen LogP contribution in [0.15, 0.2) is 9.56 Å². The Hall–Kier alpha value is 0.535. The molecule has 0 unspecified atom stereocenters. The molecule has 0 nitrogen and oxygen atoms in total. The molecule has 2 aliphatic rings. The Labute approximate surface area is 140 Å². The maximum Gasteiger partial charge on any atom is 0.189 e. The van der Waals surface area contributed by atoms with Crippen LogP contribution in [0.25, 0.3) is 0 Å². The van der Waals surface area contributed by atoms with Crippen molar-refractivity contribution < 1.29 is 0 Å². The largest absolute Gasteiger partial charge is 0.189 e. The number of allylic oxidation sites excluding steroid dienone is 1. The molecular formula is C18H32BI. The van der Waals surface area contributed by atoms with Crippen LogP contribution in [0.4, 0.5) is 0 Å². The molecule has 0 bridgehead atoms. The van der Waals surface area contributed by atoms with Crippen molar-refractivity contribution >= 4 is 29.3 Å². The minimum absolute atomic E-state index is 0.924. The second-order valence-electron chi connectivity index (χ2n) is 7.05. The van der Waals surface area contributed by atoms with Crippen molar-refractivity contribution in [2.24, 2.45) is 0 Å². The molecule has 2 fully saturated rings. The van der Waals surface area contributed by atoms with Crippen molar-refractivity contribution in [1.29, 1.82) is 0 Å². The van der Waals surface area contributed by atoms with Crippen LogP contribution < -0.4 is 0 Å². The zero-order valence-corrected chi connectivity index (χ0v) is 15.5. The van der Waals surface area contributed by atoms with E-state index in [-0.39, 0.29) is 0 Å². The fourth-order valence-corrected chi connectivity index (χ4v) is 5.73. The first-order chi connectivity index (χ1) is 9.83. The third-order valence-corrected chi connectivity index (χ3v) is 6.69. The first-order valence-electron chi connectivity index (χ1n) is 9.18. The minimum Gasteiger partial charge on any atom is -0.0842 e. The van der Waals surface area contributed by atoms with Gasteiger partial charge in [-0.15, -0.1) is 0 Å². The molecule has 2 aliphatic carbocycles. The van der Waals surface area contributed by atoms with Gasteiger partial charge in [-0.05, 0) is 9.90 Å². The van der Waals surface area contributed by atoms with E-state index < -0.39 is 0 Å². The molecule has 0 radical (unpaired) electrons. The maximum atomic E-state index is 2.71. The Morgan fingerprint density at radius 3 is 1.90 bits per heavy atom. The highest BCUT2D eigenvalue weighted by Gasteiger charge is 2.36. The van der Waals surface area contributed by atoms with Crippen LogP contribution in [-0.4, -0.2) is 6.71 Å². The second-order valence-corrected chi connectivity index (χ2v) is 8.30. The Balaban J connectivity index is 2.03. The lowest BCUT2D eigenvalue weighted by atomic mass is 9.30. The topological polar surface area (TPSA) is 0 Å². The highest BCUT2D eigenvalue weighted by Crippen LogP contribution is 2.45. The molecule has 2 rings (SSSR count). The van der Waals surface area contributed by atoms with Gasteiger partial charge in [0, 0.05) is 0 Å². The summed E-state index contributed by atoms with van der Waals surface area (Å²) in [5, 5.41) is 0. The summed E-state index contributed by atoms with van der Waals surface area (Å²) in [6.45, 7) is 3.23. The molecule has 0 aromatic rings. The average Bonchev–Trinajstić information content (AvgIpc) is 2.50. The van der Waals surface area contributed by atoms with Crippen molar-refractivity contribution in [1.82, 2.24) is 0 Å². The minimum atomic E-state index is 0.924. The second kappa shape index (κ2) is 9.53. The van der Waals surface area contributed by atoms with E-state index in [0.717, 1.165) is 18.3 Å². The zero-order chi connectivity index (χ0) is 14.2. The first-order valence-corrected chi connectivity index (χ1v) is 10.3. The molecular weight excluding hydrogens is 354 g/mol. The van der Waals surface area contributed by atoms with Gasteiger partial charge in [0.2, 0.25) is 0 Å². The van der Waals surface area contributed by atoms with E-state index in [1.807, 2.05) is 0 Å². The molecule has 0 aromatic heterocycles. The molecule has 0 atom stereocenters. The summed E-state index contributed by atoms with van der Waals surface area (Å²) in [5.74, 6) is 2.02. The molecule has 2 heteroatoms. The Kier molecular flexibility index (Phi) is 8.05. The van der Waals surface area contributed by atoms with E-state index in [0.29, 0.717) is 0 Å². The summed E-state index contributed by atoms with van der Waals surface area (Å²) in [6, 6.07) is 0. The maximum absolute atomic E-state index is 2.71. The van der Waals surface area contributed by atoms with Gasteiger partial charge in [-0.25, -0.2) is 0 Å². The molecule has 0 amide bonds. The van der Waals surface area contributed by atoms with Gasteiger partial charge in [0.05, 0.1) is 0 Å². The average molecular weight is 386 g/mol. The summed E-state index contributed by atoms with van der Waals surface area (Å²) < 4.78 is 1.73. The van der Waals surface area contributed by atoms with Gasteiger partial charge in [0.15, 0.2) is 6.71 Å². The molecule has 0 aromatic carbocycles. The lowest BCUT2D eigenvalue weighted by Crippen LogP contribution is -2.30. The number of unbranched alkanes of at least 4 members (excludes halogenated alkanes) is 2. The summed E-state index contributed by atoms with van der Waals surface area (Å²) in [5.41, 5.74) is 0. The van der Waals surface area contributed by atoms with Gasteiger partial charge >= 0.3 is 0 Å². The third kappa shape index (κ3) is 5.07. The number of halogens is 1. The van der Waals surface area contributed by atoms with Crippen LogP contribution in [0.3, 0.4) is 0 Å². The first kappa shape index (κ1) is 16.9. The Morgan fingerprint density at radius 1 is 0.950 bits per heavy atom. The van der Waals surface area contributed by atoms with E-state index in [9.17, 15) is 0 Å². The van der Waals surface area contributed by atoms with Gasteiger partial charge < -0.3 is 0 Å². The monoisotopic (exact) mass is 386 g/mol. The van der Waals surface area contributed by atoms with E-state index in [1.54, 1.807) is 3.48 Å². The number of hydrogen-bond donors (Lipinski definition) is 0. The summed E-state index contributed by atoms with van der Waals surface area (Å²) in [7, 11) is 0. The fraction of sp³-hybridized carbons (Fsp3) is 0.889. The quantitative estimate of drug-likeness (QED) is 0.257. The van der Waals surface area contributed by atoms with E-state index in [4.69, 9.17) is 0 Å². The lowest BCUT2D eigenvalue weighted by molar-refractivity contribution is 0.464. The van der Waals surface area contributed by atoms with E-state index >= 15 is 0 Å². The highest BCUT2D eigenvalue weighted by atomic mass is 127. The summed E-state index contributed by atoms with van der Waals surface area (Å²) in [6.07, 6.45) is 21.6. The van der Waals surface area contributed by atoms with Crippen LogP contribution in [0.2, 0.25) is 11.6 Å². The van der Waals surface area contributed by atoms with Crippen molar-refractivity contribution in [3.63, 3.8) is 0 Å². The van der Waals surface area contributed by atoms with Crippen LogP contribution in [0.5, 0.6) is 0 Å². The summed E-state index contributed by atoms with van der Waals surface area (Å²) in [4.78, 5) is 0. The molecule has 0 N–H and O–H groups in total. The molecule has 2 saturated carbocycles. The van der Waals surface area contributed by atoms with Gasteiger partial charge in [0.1, 0.15) is 0 Å². The van der Waals surface area contributed by atoms with Gasteiger partial charge in [-0.1, -0.05) is 124 Å². The van der Waals surface area contributed by atoms with Gasteiger partial charge in [-0.3, -0.25) is 0 Å². The standard InChI is InChI=1S/C18H32BI/c1-2-3-6-15-18(20)19(16-11-7-4-8-12-16)17-13-9-5-10-14-17/h15-17H,2-14H2,1H3/b18-15-. The molecule has 20 heavy (non-hydrogen) atoms. The van der Waals surface area contributed by atoms with Crippen molar-refractivity contribution in [3.05, 3.63) is 9.56 Å². The van der Waals surface area contributed by atoms with Crippen LogP contribution in [0.1, 0.15) is 90.4 Å².